The molecule has 6 saturated heterocycles. The number of likely N-dealkylation sites (N-methyl/N-ethyl adjacent to an activating group) is 1. The number of hydrogen-bond acceptors (Lipinski definition) is 10. The number of piperidine rings is 1. The SMILES string of the molecule is CN1CCN(CC(=O)N2C3CC2CN(c2ccc(-c4cc(OCCN5CC6CNCC6C5)cn5ncc(C#N)c45)cn2)C3)CC1. The van der Waals surface area contributed by atoms with Gasteiger partial charge in [-0.25, -0.2) is 9.50 Å². The van der Waals surface area contributed by atoms with Gasteiger partial charge in [0.1, 0.15) is 24.2 Å². The van der Waals surface area contributed by atoms with E-state index in [4.69, 9.17) is 9.72 Å². The summed E-state index contributed by atoms with van der Waals surface area (Å²) in [4.78, 5) is 29.6. The molecular weight excluding hydrogens is 568 g/mol. The normalized spacial score (nSPS) is 27.0. The summed E-state index contributed by atoms with van der Waals surface area (Å²) in [5.74, 6) is 3.45. The number of rotatable bonds is 8. The Morgan fingerprint density at radius 1 is 1.04 bits per heavy atom. The van der Waals surface area contributed by atoms with Crippen LogP contribution in [0.5, 0.6) is 5.75 Å². The van der Waals surface area contributed by atoms with Gasteiger partial charge in [0.05, 0.1) is 42.1 Å². The summed E-state index contributed by atoms with van der Waals surface area (Å²) in [6.45, 7) is 12.1. The molecule has 6 aliphatic rings. The molecule has 0 radical (unpaired) electrons. The van der Waals surface area contributed by atoms with Gasteiger partial charge in [0.2, 0.25) is 5.91 Å². The van der Waals surface area contributed by atoms with Gasteiger partial charge in [-0.15, -0.1) is 0 Å². The number of anilines is 1. The first-order chi connectivity index (χ1) is 22.0. The average molecular weight is 611 g/mol. The van der Waals surface area contributed by atoms with Crippen LogP contribution >= 0.6 is 0 Å². The van der Waals surface area contributed by atoms with Gasteiger partial charge < -0.3 is 24.8 Å². The van der Waals surface area contributed by atoms with Crippen LogP contribution in [0.15, 0.2) is 36.8 Å². The standard InChI is InChI=1S/C33H42N10O2/c1-38-4-6-39(7-5-38)22-32(44)43-27-10-28(43)20-41(19-27)31-3-2-23(15-36-31)30-11-29(21-42-33(30)24(12-34)16-37-42)45-9-8-40-17-25-13-35-14-26(25)18-40/h2-3,11,15-16,21,25-28,35H,4-10,13-14,17-20,22H2,1H3. The van der Waals surface area contributed by atoms with Crippen molar-refractivity contribution in [1.82, 2.24) is 39.5 Å². The van der Waals surface area contributed by atoms with Crippen LogP contribution in [-0.2, 0) is 4.79 Å². The van der Waals surface area contributed by atoms with E-state index in [-0.39, 0.29) is 18.0 Å². The molecule has 9 heterocycles. The molecule has 0 saturated carbocycles. The lowest BCUT2D eigenvalue weighted by molar-refractivity contribution is -0.147. The second kappa shape index (κ2) is 11.9. The zero-order valence-corrected chi connectivity index (χ0v) is 26.0. The molecule has 6 fully saturated rings. The molecule has 0 spiro atoms. The quantitative estimate of drug-likeness (QED) is 0.394. The molecule has 1 amide bonds. The van der Waals surface area contributed by atoms with Crippen molar-refractivity contribution in [2.75, 3.05) is 97.1 Å². The number of piperazine rings is 2. The summed E-state index contributed by atoms with van der Waals surface area (Å²) < 4.78 is 8.00. The number of aromatic nitrogens is 3. The summed E-state index contributed by atoms with van der Waals surface area (Å²) in [6.07, 6.45) is 6.43. The van der Waals surface area contributed by atoms with Gasteiger partial charge in [-0.05, 0) is 56.6 Å². The molecule has 0 aliphatic carbocycles. The van der Waals surface area contributed by atoms with Gasteiger partial charge in [0.15, 0.2) is 0 Å². The maximum Gasteiger partial charge on any atom is 0.237 e. The largest absolute Gasteiger partial charge is 0.491 e. The van der Waals surface area contributed by atoms with E-state index in [0.717, 1.165) is 118 Å². The maximum absolute atomic E-state index is 13.2. The minimum absolute atomic E-state index is 0.250. The van der Waals surface area contributed by atoms with Crippen molar-refractivity contribution in [3.63, 3.8) is 0 Å². The number of hydrogen-bond donors (Lipinski definition) is 1. The number of carbonyl (C=O) groups is 1. The zero-order valence-electron chi connectivity index (χ0n) is 26.0. The van der Waals surface area contributed by atoms with Crippen molar-refractivity contribution >= 4 is 17.2 Å². The molecular formula is C33H42N10O2. The van der Waals surface area contributed by atoms with Crippen LogP contribution in [0.1, 0.15) is 12.0 Å². The van der Waals surface area contributed by atoms with E-state index in [0.29, 0.717) is 18.7 Å². The summed E-state index contributed by atoms with van der Waals surface area (Å²) in [6, 6.07) is 8.93. The second-order valence-electron chi connectivity index (χ2n) is 13.6. The highest BCUT2D eigenvalue weighted by atomic mass is 16.5. The fourth-order valence-corrected chi connectivity index (χ4v) is 8.12. The van der Waals surface area contributed by atoms with Crippen LogP contribution < -0.4 is 15.0 Å². The predicted octanol–water partition coefficient (Wildman–Crippen LogP) is 0.835. The van der Waals surface area contributed by atoms with Crippen LogP contribution in [0.3, 0.4) is 0 Å². The third kappa shape index (κ3) is 5.52. The number of nitriles is 1. The van der Waals surface area contributed by atoms with E-state index < -0.39 is 0 Å². The average Bonchev–Trinajstić information content (AvgIpc) is 3.77. The van der Waals surface area contributed by atoms with E-state index in [9.17, 15) is 10.1 Å². The van der Waals surface area contributed by atoms with Crippen molar-refractivity contribution in [2.45, 2.75) is 18.5 Å². The van der Waals surface area contributed by atoms with Crippen molar-refractivity contribution < 1.29 is 9.53 Å². The van der Waals surface area contributed by atoms with E-state index in [1.165, 1.54) is 0 Å². The highest BCUT2D eigenvalue weighted by Crippen LogP contribution is 2.36. The molecule has 3 aromatic rings. The van der Waals surface area contributed by atoms with Crippen molar-refractivity contribution in [2.24, 2.45) is 11.8 Å². The Kier molecular flexibility index (Phi) is 7.57. The smallest absolute Gasteiger partial charge is 0.237 e. The van der Waals surface area contributed by atoms with Crippen LogP contribution in [0.25, 0.3) is 16.6 Å². The van der Waals surface area contributed by atoms with Gasteiger partial charge >= 0.3 is 0 Å². The number of ether oxygens (including phenoxy) is 1. The Balaban J connectivity index is 0.931. The third-order valence-corrected chi connectivity index (χ3v) is 10.7. The number of pyridine rings is 2. The Hall–Kier alpha value is -3.76. The number of likely N-dealkylation sites (tertiary alicyclic amines) is 1. The molecule has 6 aliphatic heterocycles. The number of nitrogens with one attached hydrogen (secondary N) is 1. The van der Waals surface area contributed by atoms with Gasteiger partial charge in [0, 0.05) is 76.2 Å². The molecule has 236 valence electrons. The van der Waals surface area contributed by atoms with E-state index in [1.807, 2.05) is 18.5 Å². The Morgan fingerprint density at radius 2 is 1.82 bits per heavy atom. The zero-order chi connectivity index (χ0) is 30.5. The minimum atomic E-state index is 0.250. The minimum Gasteiger partial charge on any atom is -0.491 e. The van der Waals surface area contributed by atoms with E-state index in [1.54, 1.807) is 10.7 Å². The first-order valence-electron chi connectivity index (χ1n) is 16.4. The molecule has 2 bridgehead atoms. The topological polar surface area (TPSA) is 109 Å². The van der Waals surface area contributed by atoms with E-state index >= 15 is 0 Å². The van der Waals surface area contributed by atoms with Gasteiger partial charge in [-0.2, -0.15) is 10.4 Å². The maximum atomic E-state index is 13.2. The molecule has 3 aromatic heterocycles. The van der Waals surface area contributed by atoms with Gasteiger partial charge in [-0.1, -0.05) is 0 Å². The Morgan fingerprint density at radius 3 is 2.53 bits per heavy atom. The molecule has 9 rings (SSSR count). The number of amides is 1. The highest BCUT2D eigenvalue weighted by Gasteiger charge is 2.47. The third-order valence-electron chi connectivity index (χ3n) is 10.7. The Labute approximate surface area is 264 Å². The van der Waals surface area contributed by atoms with Crippen LogP contribution in [-0.4, -0.2) is 144 Å². The number of carbonyl (C=O) groups excluding carboxylic acids is 1. The van der Waals surface area contributed by atoms with Gasteiger partial charge in [-0.3, -0.25) is 14.6 Å². The lowest BCUT2D eigenvalue weighted by Crippen LogP contribution is -2.71. The van der Waals surface area contributed by atoms with Gasteiger partial charge in [0.25, 0.3) is 0 Å². The number of nitrogens with zero attached hydrogens (tertiary/aromatic N) is 9. The predicted molar refractivity (Wildman–Crippen MR) is 170 cm³/mol. The van der Waals surface area contributed by atoms with Crippen molar-refractivity contribution in [3.8, 4) is 22.9 Å². The molecule has 1 N–H and O–H groups in total. The summed E-state index contributed by atoms with van der Waals surface area (Å²) in [7, 11) is 2.14. The van der Waals surface area contributed by atoms with E-state index in [2.05, 4.69) is 60.2 Å². The molecule has 12 nitrogen and oxygen atoms in total. The van der Waals surface area contributed by atoms with Crippen molar-refractivity contribution in [1.29, 1.82) is 5.26 Å². The molecule has 4 atom stereocenters. The lowest BCUT2D eigenvalue weighted by atomic mass is 9.87. The first-order valence-corrected chi connectivity index (χ1v) is 16.4. The number of fused-ring (bicyclic) bond motifs is 4. The summed E-state index contributed by atoms with van der Waals surface area (Å²) in [5.41, 5.74) is 3.07. The molecule has 45 heavy (non-hydrogen) atoms. The second-order valence-corrected chi connectivity index (χ2v) is 13.6. The van der Waals surface area contributed by atoms with Crippen molar-refractivity contribution in [3.05, 3.63) is 42.4 Å². The monoisotopic (exact) mass is 610 g/mol. The Bertz CT molecular complexity index is 1570. The molecule has 4 unspecified atom stereocenters. The fraction of sp³-hybridized carbons (Fsp3) is 0.576. The summed E-state index contributed by atoms with van der Waals surface area (Å²) in [5, 5.41) is 17.8. The molecule has 12 heteroatoms. The first kappa shape index (κ1) is 28.7. The summed E-state index contributed by atoms with van der Waals surface area (Å²) >= 11 is 0. The van der Waals surface area contributed by atoms with Crippen LogP contribution in [0.2, 0.25) is 0 Å². The van der Waals surface area contributed by atoms with Crippen LogP contribution in [0.4, 0.5) is 5.82 Å². The molecule has 0 aromatic carbocycles. The van der Waals surface area contributed by atoms with Crippen LogP contribution in [0, 0.1) is 23.2 Å². The fourth-order valence-electron chi connectivity index (χ4n) is 8.12. The lowest BCUT2D eigenvalue weighted by Gasteiger charge is -2.57. The highest BCUT2D eigenvalue weighted by molar-refractivity contribution is 5.85.